The molecule has 25 heavy (non-hydrogen) atoms. The van der Waals surface area contributed by atoms with Gasteiger partial charge in [0.05, 0.1) is 18.6 Å². The van der Waals surface area contributed by atoms with Gasteiger partial charge in [0.2, 0.25) is 5.91 Å². The molecule has 2 aliphatic rings. The van der Waals surface area contributed by atoms with Crippen molar-refractivity contribution in [3.8, 4) is 0 Å². The normalized spacial score (nSPS) is 23.0. The first kappa shape index (κ1) is 18.3. The number of methoxy groups -OCH3 is 1. The van der Waals surface area contributed by atoms with E-state index in [4.69, 9.17) is 9.47 Å². The van der Waals surface area contributed by atoms with Crippen molar-refractivity contribution in [3.05, 3.63) is 35.6 Å². The van der Waals surface area contributed by atoms with Crippen LogP contribution in [-0.4, -0.2) is 49.8 Å². The molecule has 1 aromatic rings. The van der Waals surface area contributed by atoms with Gasteiger partial charge in [-0.25, -0.2) is 4.39 Å². The van der Waals surface area contributed by atoms with Gasteiger partial charge in [-0.15, -0.1) is 0 Å². The molecule has 1 atom stereocenters. The lowest BCUT2D eigenvalue weighted by molar-refractivity contribution is -0.147. The number of hydrogen-bond donors (Lipinski definition) is 0. The maximum absolute atomic E-state index is 13.1. The smallest absolute Gasteiger partial charge is 0.224 e. The van der Waals surface area contributed by atoms with Gasteiger partial charge in [-0.05, 0) is 55.7 Å². The molecule has 2 fully saturated rings. The summed E-state index contributed by atoms with van der Waals surface area (Å²) in [6.07, 6.45) is 5.33. The predicted octanol–water partition coefficient (Wildman–Crippen LogP) is 3.19. The van der Waals surface area contributed by atoms with Crippen molar-refractivity contribution in [2.24, 2.45) is 5.92 Å². The maximum atomic E-state index is 13.1. The van der Waals surface area contributed by atoms with Crippen LogP contribution in [0.1, 0.15) is 37.7 Å². The number of likely N-dealkylation sites (tertiary alicyclic amines) is 1. The highest BCUT2D eigenvalue weighted by Gasteiger charge is 2.40. The molecule has 0 saturated carbocycles. The zero-order valence-electron chi connectivity index (χ0n) is 15.0. The molecule has 1 aromatic carbocycles. The average molecular weight is 349 g/mol. The second-order valence-corrected chi connectivity index (χ2v) is 7.34. The van der Waals surface area contributed by atoms with Crippen molar-refractivity contribution < 1.29 is 18.7 Å². The molecule has 2 aliphatic heterocycles. The number of piperidine rings is 1. The van der Waals surface area contributed by atoms with Crippen molar-refractivity contribution in [2.75, 3.05) is 33.4 Å². The Hall–Kier alpha value is -1.46. The molecule has 1 amide bonds. The Morgan fingerprint density at radius 1 is 1.32 bits per heavy atom. The van der Waals surface area contributed by atoms with Gasteiger partial charge >= 0.3 is 0 Å². The van der Waals surface area contributed by atoms with Crippen LogP contribution in [0.25, 0.3) is 0 Å². The van der Waals surface area contributed by atoms with Gasteiger partial charge in [0.1, 0.15) is 5.82 Å². The van der Waals surface area contributed by atoms with Crippen LogP contribution in [0.5, 0.6) is 0 Å². The number of carbonyl (C=O) groups excluding carboxylic acids is 1. The number of amides is 1. The third-order valence-corrected chi connectivity index (χ3v) is 5.58. The molecule has 4 nitrogen and oxygen atoms in total. The van der Waals surface area contributed by atoms with E-state index in [0.717, 1.165) is 51.8 Å². The fourth-order valence-corrected chi connectivity index (χ4v) is 4.12. The summed E-state index contributed by atoms with van der Waals surface area (Å²) in [6, 6.07) is 6.84. The minimum Gasteiger partial charge on any atom is -0.384 e. The Morgan fingerprint density at radius 3 is 2.72 bits per heavy atom. The number of ether oxygens (including phenoxy) is 2. The quantitative estimate of drug-likeness (QED) is 0.819. The molecule has 1 spiro atoms. The highest BCUT2D eigenvalue weighted by atomic mass is 19.1. The third kappa shape index (κ3) is 4.79. The second-order valence-electron chi connectivity index (χ2n) is 7.34. The van der Waals surface area contributed by atoms with Gasteiger partial charge in [0, 0.05) is 26.8 Å². The van der Waals surface area contributed by atoms with E-state index in [1.54, 1.807) is 7.11 Å². The van der Waals surface area contributed by atoms with E-state index in [1.807, 2.05) is 17.0 Å². The molecule has 0 radical (unpaired) electrons. The van der Waals surface area contributed by atoms with Crippen LogP contribution in [0.2, 0.25) is 0 Å². The monoisotopic (exact) mass is 349 g/mol. The van der Waals surface area contributed by atoms with Crippen molar-refractivity contribution in [3.63, 3.8) is 0 Å². The third-order valence-electron chi connectivity index (χ3n) is 5.58. The molecule has 0 N–H and O–H groups in total. The van der Waals surface area contributed by atoms with Crippen LogP contribution >= 0.6 is 0 Å². The molecule has 2 heterocycles. The number of hydrogen-bond acceptors (Lipinski definition) is 3. The fraction of sp³-hybridized carbons (Fsp3) is 0.650. The van der Waals surface area contributed by atoms with E-state index in [-0.39, 0.29) is 17.3 Å². The summed E-state index contributed by atoms with van der Waals surface area (Å²) in [5.74, 6) is 0.558. The molecule has 2 saturated heterocycles. The Morgan fingerprint density at radius 2 is 2.04 bits per heavy atom. The second kappa shape index (κ2) is 8.28. The van der Waals surface area contributed by atoms with Crippen LogP contribution in [0.15, 0.2) is 24.3 Å². The lowest BCUT2D eigenvalue weighted by Gasteiger charge is -2.46. The number of carbonyl (C=O) groups is 1. The standard InChI is InChI=1S/C20H28FNO3/c1-24-12-7-19(23)22-10-8-20(9-11-22)15-17(6-13-25-20)14-16-2-4-18(21)5-3-16/h2-5,17H,6-15H2,1H3. The first-order valence-electron chi connectivity index (χ1n) is 9.25. The Balaban J connectivity index is 1.53. The molecule has 0 aliphatic carbocycles. The van der Waals surface area contributed by atoms with Gasteiger partial charge in [-0.3, -0.25) is 4.79 Å². The van der Waals surface area contributed by atoms with E-state index in [2.05, 4.69) is 0 Å². The van der Waals surface area contributed by atoms with Crippen molar-refractivity contribution in [1.82, 2.24) is 4.90 Å². The first-order chi connectivity index (χ1) is 12.1. The van der Waals surface area contributed by atoms with Crippen LogP contribution in [0.4, 0.5) is 4.39 Å². The minimum atomic E-state index is -0.183. The average Bonchev–Trinajstić information content (AvgIpc) is 2.62. The summed E-state index contributed by atoms with van der Waals surface area (Å²) >= 11 is 0. The zero-order valence-corrected chi connectivity index (χ0v) is 15.0. The van der Waals surface area contributed by atoms with Crippen LogP contribution in [-0.2, 0) is 20.7 Å². The zero-order chi connectivity index (χ0) is 17.7. The largest absolute Gasteiger partial charge is 0.384 e. The molecular weight excluding hydrogens is 321 g/mol. The SMILES string of the molecule is COCCC(=O)N1CCC2(CC1)CC(Cc1ccc(F)cc1)CCO2. The summed E-state index contributed by atoms with van der Waals surface area (Å²) in [5, 5.41) is 0. The van der Waals surface area contributed by atoms with Crippen LogP contribution < -0.4 is 0 Å². The molecule has 138 valence electrons. The van der Waals surface area contributed by atoms with Crippen molar-refractivity contribution in [2.45, 2.75) is 44.1 Å². The van der Waals surface area contributed by atoms with Crippen LogP contribution in [0.3, 0.4) is 0 Å². The van der Waals surface area contributed by atoms with E-state index >= 15 is 0 Å². The molecule has 3 rings (SSSR count). The summed E-state index contributed by atoms with van der Waals surface area (Å²) < 4.78 is 24.2. The topological polar surface area (TPSA) is 38.8 Å². The predicted molar refractivity (Wildman–Crippen MR) is 93.8 cm³/mol. The summed E-state index contributed by atoms with van der Waals surface area (Å²) in [7, 11) is 1.62. The lowest BCUT2D eigenvalue weighted by atomic mass is 9.77. The van der Waals surface area contributed by atoms with Gasteiger partial charge < -0.3 is 14.4 Å². The summed E-state index contributed by atoms with van der Waals surface area (Å²) in [4.78, 5) is 14.1. The Kier molecular flexibility index (Phi) is 6.07. The molecule has 5 heteroatoms. The van der Waals surface area contributed by atoms with Gasteiger partial charge in [-0.2, -0.15) is 0 Å². The van der Waals surface area contributed by atoms with Crippen LogP contribution in [0, 0.1) is 11.7 Å². The summed E-state index contributed by atoms with van der Waals surface area (Å²) in [6.45, 7) is 2.80. The van der Waals surface area contributed by atoms with Gasteiger partial charge in [0.25, 0.3) is 0 Å². The Bertz CT molecular complexity index is 567. The fourth-order valence-electron chi connectivity index (χ4n) is 4.12. The molecule has 1 unspecified atom stereocenters. The maximum Gasteiger partial charge on any atom is 0.224 e. The lowest BCUT2D eigenvalue weighted by Crippen LogP contribution is -2.51. The Labute approximate surface area is 149 Å². The molecule has 0 aromatic heterocycles. The molecule has 0 bridgehead atoms. The van der Waals surface area contributed by atoms with Crippen molar-refractivity contribution >= 4 is 5.91 Å². The minimum absolute atomic E-state index is 0.0824. The number of rotatable bonds is 5. The van der Waals surface area contributed by atoms with Crippen molar-refractivity contribution in [1.29, 1.82) is 0 Å². The highest BCUT2D eigenvalue weighted by molar-refractivity contribution is 5.76. The van der Waals surface area contributed by atoms with E-state index in [0.29, 0.717) is 18.9 Å². The summed E-state index contributed by atoms with van der Waals surface area (Å²) in [5.41, 5.74) is 1.11. The number of benzene rings is 1. The van der Waals surface area contributed by atoms with E-state index < -0.39 is 0 Å². The van der Waals surface area contributed by atoms with E-state index in [1.165, 1.54) is 17.7 Å². The molecular formula is C20H28FNO3. The highest BCUT2D eigenvalue weighted by Crippen LogP contribution is 2.38. The first-order valence-corrected chi connectivity index (χ1v) is 9.25. The van der Waals surface area contributed by atoms with E-state index in [9.17, 15) is 9.18 Å². The van der Waals surface area contributed by atoms with Gasteiger partial charge in [-0.1, -0.05) is 12.1 Å². The van der Waals surface area contributed by atoms with Gasteiger partial charge in [0.15, 0.2) is 0 Å². The number of halogens is 1. The number of nitrogens with zero attached hydrogens (tertiary/aromatic N) is 1.